The van der Waals surface area contributed by atoms with Gasteiger partial charge in [0.25, 0.3) is 0 Å². The van der Waals surface area contributed by atoms with Gasteiger partial charge in [-0.1, -0.05) is 34.5 Å². The highest BCUT2D eigenvalue weighted by atomic mass is 79.9. The van der Waals surface area contributed by atoms with E-state index in [1.807, 2.05) is 24.3 Å². The Morgan fingerprint density at radius 2 is 2.12 bits per heavy atom. The summed E-state index contributed by atoms with van der Waals surface area (Å²) in [5, 5.41) is 17.8. The number of unbranched alkanes of at least 4 members (excludes halogenated alkanes) is 1. The summed E-state index contributed by atoms with van der Waals surface area (Å²) in [7, 11) is 0. The molecule has 0 heterocycles. The molecular formula is C13H17BrO3. The van der Waals surface area contributed by atoms with Crippen LogP contribution < -0.4 is 0 Å². The Bertz CT molecular complexity index is 365. The zero-order valence-electron chi connectivity index (χ0n) is 9.60. The standard InChI is InChI=1S/C13H17BrO3/c14-12-6-3-4-10(9-12)8-11(13(16)17)5-1-2-7-15/h3-4,6,9,11,15H,1-2,5,7-8H2,(H,16,17). The van der Waals surface area contributed by atoms with Crippen LogP contribution in [0.15, 0.2) is 28.7 Å². The minimum absolute atomic E-state index is 0.128. The number of carboxylic acid groups (broad SMARTS) is 1. The average molecular weight is 301 g/mol. The van der Waals surface area contributed by atoms with E-state index in [0.717, 1.165) is 16.5 Å². The number of carboxylic acids is 1. The van der Waals surface area contributed by atoms with Gasteiger partial charge in [-0.2, -0.15) is 0 Å². The van der Waals surface area contributed by atoms with Crippen molar-refractivity contribution in [1.29, 1.82) is 0 Å². The van der Waals surface area contributed by atoms with E-state index in [1.165, 1.54) is 0 Å². The zero-order chi connectivity index (χ0) is 12.7. The molecule has 0 fully saturated rings. The summed E-state index contributed by atoms with van der Waals surface area (Å²) in [5.41, 5.74) is 1.02. The number of hydrogen-bond donors (Lipinski definition) is 2. The third kappa shape index (κ3) is 5.33. The number of hydrogen-bond acceptors (Lipinski definition) is 2. The van der Waals surface area contributed by atoms with Crippen LogP contribution in [0.4, 0.5) is 0 Å². The van der Waals surface area contributed by atoms with Crippen LogP contribution in [0.5, 0.6) is 0 Å². The average Bonchev–Trinajstić information content (AvgIpc) is 2.28. The minimum atomic E-state index is -0.761. The van der Waals surface area contributed by atoms with E-state index >= 15 is 0 Å². The van der Waals surface area contributed by atoms with Crippen molar-refractivity contribution in [3.63, 3.8) is 0 Å². The van der Waals surface area contributed by atoms with Gasteiger partial charge in [0.2, 0.25) is 0 Å². The van der Waals surface area contributed by atoms with Crippen molar-refractivity contribution >= 4 is 21.9 Å². The molecule has 94 valence electrons. The van der Waals surface area contributed by atoms with E-state index < -0.39 is 5.97 Å². The predicted octanol–water partition coefficient (Wildman–Crippen LogP) is 2.86. The van der Waals surface area contributed by atoms with E-state index in [2.05, 4.69) is 15.9 Å². The molecule has 0 aromatic heterocycles. The summed E-state index contributed by atoms with van der Waals surface area (Å²) < 4.78 is 0.967. The molecule has 0 aliphatic rings. The molecular weight excluding hydrogens is 284 g/mol. The van der Waals surface area contributed by atoms with E-state index in [9.17, 15) is 4.79 Å². The molecule has 3 nitrogen and oxygen atoms in total. The first-order chi connectivity index (χ1) is 8.13. The molecule has 0 amide bonds. The Morgan fingerprint density at radius 1 is 1.35 bits per heavy atom. The van der Waals surface area contributed by atoms with Gasteiger partial charge in [-0.15, -0.1) is 0 Å². The Morgan fingerprint density at radius 3 is 2.71 bits per heavy atom. The quantitative estimate of drug-likeness (QED) is 0.761. The molecule has 1 aromatic rings. The molecule has 0 saturated carbocycles. The highest BCUT2D eigenvalue weighted by Gasteiger charge is 2.17. The number of benzene rings is 1. The smallest absolute Gasteiger partial charge is 0.306 e. The summed E-state index contributed by atoms with van der Waals surface area (Å²) in [6.45, 7) is 0.128. The van der Waals surface area contributed by atoms with Crippen LogP contribution in [-0.4, -0.2) is 22.8 Å². The molecule has 0 bridgehead atoms. The second-order valence-corrected chi connectivity index (χ2v) is 5.00. The van der Waals surface area contributed by atoms with Gasteiger partial charge in [0.15, 0.2) is 0 Å². The highest BCUT2D eigenvalue weighted by molar-refractivity contribution is 9.10. The maximum absolute atomic E-state index is 11.1. The second-order valence-electron chi connectivity index (χ2n) is 4.09. The van der Waals surface area contributed by atoms with Crippen molar-refractivity contribution in [3.8, 4) is 0 Å². The van der Waals surface area contributed by atoms with Crippen LogP contribution >= 0.6 is 15.9 Å². The maximum Gasteiger partial charge on any atom is 0.306 e. The van der Waals surface area contributed by atoms with Crippen LogP contribution in [0, 0.1) is 5.92 Å². The first-order valence-corrected chi connectivity index (χ1v) is 6.51. The van der Waals surface area contributed by atoms with Crippen molar-refractivity contribution in [2.45, 2.75) is 25.7 Å². The molecule has 0 aliphatic heterocycles. The van der Waals surface area contributed by atoms with Gasteiger partial charge in [-0.05, 0) is 37.0 Å². The number of halogens is 1. The predicted molar refractivity (Wildman–Crippen MR) is 69.9 cm³/mol. The van der Waals surface area contributed by atoms with E-state index in [-0.39, 0.29) is 12.5 Å². The number of aliphatic carboxylic acids is 1. The number of aliphatic hydroxyl groups excluding tert-OH is 1. The lowest BCUT2D eigenvalue weighted by atomic mass is 9.94. The SMILES string of the molecule is O=C(O)C(CCCCO)Cc1cccc(Br)c1. The number of rotatable bonds is 7. The van der Waals surface area contributed by atoms with Gasteiger partial charge in [-0.25, -0.2) is 0 Å². The fourth-order valence-electron chi connectivity index (χ4n) is 1.76. The van der Waals surface area contributed by atoms with Crippen LogP contribution in [0.25, 0.3) is 0 Å². The van der Waals surface area contributed by atoms with Gasteiger partial charge in [0.1, 0.15) is 0 Å². The normalized spacial score (nSPS) is 12.4. The Balaban J connectivity index is 2.57. The molecule has 17 heavy (non-hydrogen) atoms. The van der Waals surface area contributed by atoms with Crippen LogP contribution in [0.1, 0.15) is 24.8 Å². The number of carbonyl (C=O) groups is 1. The van der Waals surface area contributed by atoms with Crippen molar-refractivity contribution in [3.05, 3.63) is 34.3 Å². The van der Waals surface area contributed by atoms with Crippen LogP contribution in [-0.2, 0) is 11.2 Å². The third-order valence-electron chi connectivity index (χ3n) is 2.68. The monoisotopic (exact) mass is 300 g/mol. The first kappa shape index (κ1) is 14.2. The molecule has 1 unspecified atom stereocenters. The van der Waals surface area contributed by atoms with Gasteiger partial charge in [0, 0.05) is 11.1 Å². The van der Waals surface area contributed by atoms with Gasteiger partial charge in [0.05, 0.1) is 5.92 Å². The summed E-state index contributed by atoms with van der Waals surface area (Å²) in [6, 6.07) is 7.71. The fraction of sp³-hybridized carbons (Fsp3) is 0.462. The summed E-state index contributed by atoms with van der Waals surface area (Å²) >= 11 is 3.37. The molecule has 0 aliphatic carbocycles. The topological polar surface area (TPSA) is 57.5 Å². The fourth-order valence-corrected chi connectivity index (χ4v) is 2.21. The summed E-state index contributed by atoms with van der Waals surface area (Å²) in [4.78, 5) is 11.1. The van der Waals surface area contributed by atoms with Gasteiger partial charge < -0.3 is 10.2 Å². The number of aliphatic hydroxyl groups is 1. The largest absolute Gasteiger partial charge is 0.481 e. The van der Waals surface area contributed by atoms with E-state index in [4.69, 9.17) is 10.2 Å². The van der Waals surface area contributed by atoms with Crippen LogP contribution in [0.2, 0.25) is 0 Å². The Labute approximate surface area is 110 Å². The Kier molecular flexibility index (Phi) is 6.22. The molecule has 1 rings (SSSR count). The second kappa shape index (κ2) is 7.45. The lowest BCUT2D eigenvalue weighted by Gasteiger charge is -2.12. The zero-order valence-corrected chi connectivity index (χ0v) is 11.2. The molecule has 1 aromatic carbocycles. The van der Waals surface area contributed by atoms with Gasteiger partial charge in [-0.3, -0.25) is 4.79 Å². The van der Waals surface area contributed by atoms with Crippen molar-refractivity contribution in [2.75, 3.05) is 6.61 Å². The van der Waals surface area contributed by atoms with Crippen molar-refractivity contribution < 1.29 is 15.0 Å². The highest BCUT2D eigenvalue weighted by Crippen LogP contribution is 2.18. The molecule has 1 atom stereocenters. The Hall–Kier alpha value is -0.870. The summed E-state index contributed by atoms with van der Waals surface area (Å²) in [6.07, 6.45) is 2.58. The van der Waals surface area contributed by atoms with Crippen LogP contribution in [0.3, 0.4) is 0 Å². The molecule has 0 saturated heterocycles. The first-order valence-electron chi connectivity index (χ1n) is 5.71. The molecule has 0 radical (unpaired) electrons. The lowest BCUT2D eigenvalue weighted by molar-refractivity contribution is -0.142. The minimum Gasteiger partial charge on any atom is -0.481 e. The van der Waals surface area contributed by atoms with Crippen molar-refractivity contribution in [1.82, 2.24) is 0 Å². The molecule has 2 N–H and O–H groups in total. The van der Waals surface area contributed by atoms with Crippen molar-refractivity contribution in [2.24, 2.45) is 5.92 Å². The summed E-state index contributed by atoms with van der Waals surface area (Å²) in [5.74, 6) is -1.13. The van der Waals surface area contributed by atoms with E-state index in [1.54, 1.807) is 0 Å². The maximum atomic E-state index is 11.1. The third-order valence-corrected chi connectivity index (χ3v) is 3.17. The molecule has 4 heteroatoms. The van der Waals surface area contributed by atoms with Gasteiger partial charge >= 0.3 is 5.97 Å². The molecule has 0 spiro atoms. The van der Waals surface area contributed by atoms with E-state index in [0.29, 0.717) is 19.3 Å². The lowest BCUT2D eigenvalue weighted by Crippen LogP contribution is -2.16.